The van der Waals surface area contributed by atoms with Crippen LogP contribution in [0.3, 0.4) is 0 Å². The van der Waals surface area contributed by atoms with Gasteiger partial charge in [-0.25, -0.2) is 0 Å². The minimum Gasteiger partial charge on any atom is -0.388 e. The first-order chi connectivity index (χ1) is 7.49. The fraction of sp³-hybridized carbons (Fsp3) is 0.462. The van der Waals surface area contributed by atoms with E-state index in [0.29, 0.717) is 12.5 Å². The average Bonchev–Trinajstić information content (AvgIpc) is 2.16. The Balaban J connectivity index is 2.56. The van der Waals surface area contributed by atoms with Gasteiger partial charge in [0.25, 0.3) is 0 Å². The first-order valence-electron chi connectivity index (χ1n) is 5.57. The van der Waals surface area contributed by atoms with E-state index in [2.05, 4.69) is 50.1 Å². The molecular formula is C13H21N3. The van der Waals surface area contributed by atoms with Crippen molar-refractivity contribution in [2.45, 2.75) is 32.9 Å². The van der Waals surface area contributed by atoms with Gasteiger partial charge in [0.05, 0.1) is 5.84 Å². The van der Waals surface area contributed by atoms with Gasteiger partial charge in [0, 0.05) is 19.0 Å². The topological polar surface area (TPSA) is 53.1 Å². The first-order valence-corrected chi connectivity index (χ1v) is 5.57. The number of nitrogens with zero attached hydrogens (tertiary/aromatic N) is 1. The molecule has 1 unspecified atom stereocenters. The maximum atomic E-state index is 7.28. The van der Waals surface area contributed by atoms with Gasteiger partial charge in [0.1, 0.15) is 0 Å². The molecule has 3 heteroatoms. The van der Waals surface area contributed by atoms with Gasteiger partial charge in [-0.3, -0.25) is 10.3 Å². The van der Waals surface area contributed by atoms with Gasteiger partial charge in [0.2, 0.25) is 0 Å². The van der Waals surface area contributed by atoms with E-state index >= 15 is 0 Å². The number of rotatable bonds is 5. The Morgan fingerprint density at radius 3 is 2.75 bits per heavy atom. The Morgan fingerprint density at radius 2 is 2.19 bits per heavy atom. The minimum absolute atomic E-state index is 0.253. The van der Waals surface area contributed by atoms with Gasteiger partial charge in [-0.2, -0.15) is 0 Å². The quantitative estimate of drug-likeness (QED) is 0.589. The van der Waals surface area contributed by atoms with Crippen LogP contribution in [0.2, 0.25) is 0 Å². The van der Waals surface area contributed by atoms with Crippen LogP contribution in [-0.4, -0.2) is 23.8 Å². The van der Waals surface area contributed by atoms with Crippen LogP contribution in [0.5, 0.6) is 0 Å². The fourth-order valence-corrected chi connectivity index (χ4v) is 1.73. The summed E-state index contributed by atoms with van der Waals surface area (Å²) in [6, 6.07) is 8.80. The van der Waals surface area contributed by atoms with Gasteiger partial charge in [-0.05, 0) is 26.5 Å². The number of hydrogen-bond donors (Lipinski definition) is 2. The lowest BCUT2D eigenvalue weighted by atomic mass is 10.1. The zero-order chi connectivity index (χ0) is 12.1. The third-order valence-corrected chi connectivity index (χ3v) is 2.78. The Bertz CT molecular complexity index is 360. The second-order valence-electron chi connectivity index (χ2n) is 4.48. The van der Waals surface area contributed by atoms with Gasteiger partial charge >= 0.3 is 0 Å². The molecule has 88 valence electrons. The Hall–Kier alpha value is -1.35. The van der Waals surface area contributed by atoms with E-state index in [4.69, 9.17) is 11.1 Å². The molecule has 0 heterocycles. The van der Waals surface area contributed by atoms with E-state index in [1.165, 1.54) is 11.1 Å². The number of aryl methyl sites for hydroxylation is 1. The van der Waals surface area contributed by atoms with E-state index in [0.717, 1.165) is 6.54 Å². The molecule has 3 nitrogen and oxygen atoms in total. The third-order valence-electron chi connectivity index (χ3n) is 2.78. The molecular weight excluding hydrogens is 198 g/mol. The van der Waals surface area contributed by atoms with Crippen molar-refractivity contribution in [3.63, 3.8) is 0 Å². The normalized spacial score (nSPS) is 12.8. The van der Waals surface area contributed by atoms with Crippen LogP contribution in [0.15, 0.2) is 24.3 Å². The number of amidine groups is 1. The van der Waals surface area contributed by atoms with E-state index in [9.17, 15) is 0 Å². The molecule has 0 aromatic heterocycles. The van der Waals surface area contributed by atoms with Crippen molar-refractivity contribution >= 4 is 5.84 Å². The molecule has 0 aliphatic rings. The maximum absolute atomic E-state index is 7.28. The monoisotopic (exact) mass is 219 g/mol. The molecule has 0 spiro atoms. The average molecular weight is 219 g/mol. The van der Waals surface area contributed by atoms with Crippen molar-refractivity contribution in [1.82, 2.24) is 4.90 Å². The molecule has 0 aliphatic heterocycles. The summed E-state index contributed by atoms with van der Waals surface area (Å²) in [5, 5.41) is 7.28. The number of nitrogens with one attached hydrogen (secondary N) is 1. The molecule has 3 N–H and O–H groups in total. The van der Waals surface area contributed by atoms with Crippen molar-refractivity contribution in [3.05, 3.63) is 35.4 Å². The molecule has 1 aromatic carbocycles. The molecule has 16 heavy (non-hydrogen) atoms. The van der Waals surface area contributed by atoms with Crippen molar-refractivity contribution in [1.29, 1.82) is 5.41 Å². The summed E-state index contributed by atoms with van der Waals surface area (Å²) >= 11 is 0. The summed E-state index contributed by atoms with van der Waals surface area (Å²) in [5.74, 6) is 0.253. The number of hydrogen-bond acceptors (Lipinski definition) is 2. The van der Waals surface area contributed by atoms with Crippen LogP contribution < -0.4 is 5.73 Å². The number of benzene rings is 1. The summed E-state index contributed by atoms with van der Waals surface area (Å²) in [6.07, 6.45) is 0.627. The van der Waals surface area contributed by atoms with Crippen molar-refractivity contribution in [2.24, 2.45) is 5.73 Å². The van der Waals surface area contributed by atoms with Crippen LogP contribution in [0, 0.1) is 12.3 Å². The molecule has 1 atom stereocenters. The molecule has 1 aromatic rings. The summed E-state index contributed by atoms with van der Waals surface area (Å²) in [6.45, 7) is 5.09. The first kappa shape index (κ1) is 12.7. The van der Waals surface area contributed by atoms with Gasteiger partial charge < -0.3 is 5.73 Å². The van der Waals surface area contributed by atoms with E-state index < -0.39 is 0 Å². The summed E-state index contributed by atoms with van der Waals surface area (Å²) in [7, 11) is 2.07. The zero-order valence-electron chi connectivity index (χ0n) is 10.3. The third kappa shape index (κ3) is 4.03. The molecule has 0 saturated carbocycles. The SMILES string of the molecule is Cc1cccc(CN(C)C(C)CC(=N)N)c1. The maximum Gasteiger partial charge on any atom is 0.0920 e. The lowest BCUT2D eigenvalue weighted by Crippen LogP contribution is -2.32. The lowest BCUT2D eigenvalue weighted by molar-refractivity contribution is 0.254. The molecule has 0 saturated heterocycles. The molecule has 0 fully saturated rings. The smallest absolute Gasteiger partial charge is 0.0920 e. The highest BCUT2D eigenvalue weighted by Crippen LogP contribution is 2.10. The van der Waals surface area contributed by atoms with E-state index in [-0.39, 0.29) is 5.84 Å². The van der Waals surface area contributed by atoms with Crippen LogP contribution in [0.4, 0.5) is 0 Å². The number of nitrogens with two attached hydrogens (primary N) is 1. The van der Waals surface area contributed by atoms with Crippen molar-refractivity contribution in [2.75, 3.05) is 7.05 Å². The minimum atomic E-state index is 0.253. The molecule has 0 amide bonds. The Morgan fingerprint density at radius 1 is 1.50 bits per heavy atom. The fourth-order valence-electron chi connectivity index (χ4n) is 1.73. The van der Waals surface area contributed by atoms with Gasteiger partial charge in [-0.1, -0.05) is 29.8 Å². The molecule has 0 bridgehead atoms. The molecule has 0 aliphatic carbocycles. The summed E-state index contributed by atoms with van der Waals surface area (Å²) < 4.78 is 0. The Kier molecular flexibility index (Phi) is 4.50. The van der Waals surface area contributed by atoms with Crippen LogP contribution in [0.1, 0.15) is 24.5 Å². The zero-order valence-corrected chi connectivity index (χ0v) is 10.3. The van der Waals surface area contributed by atoms with Crippen LogP contribution in [-0.2, 0) is 6.54 Å². The Labute approximate surface area is 97.8 Å². The lowest BCUT2D eigenvalue weighted by Gasteiger charge is -2.24. The van der Waals surface area contributed by atoms with Gasteiger partial charge in [0.15, 0.2) is 0 Å². The standard InChI is InChI=1S/C13H21N3/c1-10-5-4-6-12(7-10)9-16(3)11(2)8-13(14)15/h4-7,11H,8-9H2,1-3H3,(H3,14,15). The summed E-state index contributed by atoms with van der Waals surface area (Å²) in [5.41, 5.74) is 7.99. The van der Waals surface area contributed by atoms with E-state index in [1.54, 1.807) is 0 Å². The van der Waals surface area contributed by atoms with Crippen LogP contribution >= 0.6 is 0 Å². The highest BCUT2D eigenvalue weighted by atomic mass is 15.1. The summed E-state index contributed by atoms with van der Waals surface area (Å²) in [4.78, 5) is 2.22. The second kappa shape index (κ2) is 5.66. The molecule has 0 radical (unpaired) electrons. The van der Waals surface area contributed by atoms with Crippen molar-refractivity contribution in [3.8, 4) is 0 Å². The van der Waals surface area contributed by atoms with Crippen LogP contribution in [0.25, 0.3) is 0 Å². The highest BCUT2D eigenvalue weighted by Gasteiger charge is 2.10. The van der Waals surface area contributed by atoms with Gasteiger partial charge in [-0.15, -0.1) is 0 Å². The van der Waals surface area contributed by atoms with Crippen molar-refractivity contribution < 1.29 is 0 Å². The largest absolute Gasteiger partial charge is 0.388 e. The predicted octanol–water partition coefficient (Wildman–Crippen LogP) is 2.14. The second-order valence-corrected chi connectivity index (χ2v) is 4.48. The molecule has 1 rings (SSSR count). The predicted molar refractivity (Wildman–Crippen MR) is 68.6 cm³/mol. The highest BCUT2D eigenvalue weighted by molar-refractivity contribution is 5.77. The van der Waals surface area contributed by atoms with E-state index in [1.807, 2.05) is 0 Å².